The van der Waals surface area contributed by atoms with Crippen molar-refractivity contribution in [1.82, 2.24) is 0 Å². The lowest BCUT2D eigenvalue weighted by molar-refractivity contribution is -0.107. The molecule has 2 atom stereocenters. The topological polar surface area (TPSA) is 34.1 Å². The molecule has 0 aliphatic heterocycles. The second kappa shape index (κ2) is 12.3. The summed E-state index contributed by atoms with van der Waals surface area (Å²) in [5, 5.41) is 0.301. The van der Waals surface area contributed by atoms with E-state index in [1.54, 1.807) is 11.8 Å². The van der Waals surface area contributed by atoms with Crippen LogP contribution in [0.1, 0.15) is 0 Å². The van der Waals surface area contributed by atoms with Crippen LogP contribution in [-0.4, -0.2) is 43.7 Å². The van der Waals surface area contributed by atoms with Crippen LogP contribution >= 0.6 is 60.5 Å². The fraction of sp³-hybridized carbons (Fsp3) is 0.500. The number of thiol groups is 2. The molecular formula is C12H18O2S5. The number of hydrogen-bond donors (Lipinski definition) is 2. The highest BCUT2D eigenvalue weighted by Crippen LogP contribution is 2.18. The number of carbonyl (C=O) groups is 2. The van der Waals surface area contributed by atoms with Gasteiger partial charge in [-0.15, -0.1) is 0 Å². The lowest BCUT2D eigenvalue weighted by Crippen LogP contribution is -2.12. The zero-order valence-corrected chi connectivity index (χ0v) is 14.7. The first-order valence-corrected chi connectivity index (χ1v) is 9.67. The molecule has 0 aliphatic carbocycles. The molecule has 0 saturated heterocycles. The molecule has 0 aliphatic rings. The fourth-order valence-electron chi connectivity index (χ4n) is 0.911. The van der Waals surface area contributed by atoms with Crippen LogP contribution < -0.4 is 0 Å². The van der Waals surface area contributed by atoms with Gasteiger partial charge in [0, 0.05) is 33.5 Å². The van der Waals surface area contributed by atoms with Crippen LogP contribution in [0.3, 0.4) is 0 Å². The predicted molar refractivity (Wildman–Crippen MR) is 98.2 cm³/mol. The van der Waals surface area contributed by atoms with Gasteiger partial charge in [0.25, 0.3) is 0 Å². The minimum absolute atomic E-state index is 0.0181. The zero-order chi connectivity index (χ0) is 14.7. The maximum absolute atomic E-state index is 11.0. The number of thioether (sulfide) groups is 3. The van der Waals surface area contributed by atoms with Gasteiger partial charge in [0.15, 0.2) is 0 Å². The molecule has 7 heteroatoms. The van der Waals surface area contributed by atoms with Crippen molar-refractivity contribution in [1.29, 1.82) is 0 Å². The molecule has 0 aromatic rings. The van der Waals surface area contributed by atoms with E-state index in [0.717, 1.165) is 11.5 Å². The molecule has 0 rings (SSSR count). The summed E-state index contributed by atoms with van der Waals surface area (Å²) in [5.74, 6) is 3.08. The van der Waals surface area contributed by atoms with E-state index >= 15 is 0 Å². The van der Waals surface area contributed by atoms with Crippen molar-refractivity contribution in [2.45, 2.75) is 10.5 Å². The van der Waals surface area contributed by atoms with Crippen LogP contribution in [0, 0.1) is 0 Å². The maximum Gasteiger partial charge on any atom is 0.211 e. The summed E-state index contributed by atoms with van der Waals surface area (Å²) in [5.41, 5.74) is 0. The molecule has 0 N–H and O–H groups in total. The first-order valence-electron chi connectivity index (χ1n) is 5.51. The lowest BCUT2D eigenvalue weighted by atomic mass is 10.5. The SMILES string of the molecule is C=CC(=O)SCC(S)CSCC(S)CSC(=O)C=C. The summed E-state index contributed by atoms with van der Waals surface area (Å²) in [7, 11) is 0. The largest absolute Gasteiger partial charge is 0.282 e. The first-order chi connectivity index (χ1) is 8.99. The molecule has 0 aromatic carbocycles. The highest BCUT2D eigenvalue weighted by atomic mass is 32.2. The van der Waals surface area contributed by atoms with Crippen molar-refractivity contribution >= 4 is 70.8 Å². The molecule has 0 saturated carbocycles. The molecule has 0 heterocycles. The quantitative estimate of drug-likeness (QED) is 0.465. The van der Waals surface area contributed by atoms with Crippen molar-refractivity contribution in [2.75, 3.05) is 23.0 Å². The Hall–Kier alpha value is 0.570. The van der Waals surface area contributed by atoms with Crippen molar-refractivity contribution in [2.24, 2.45) is 0 Å². The number of hydrogen-bond acceptors (Lipinski definition) is 7. The first kappa shape index (κ1) is 19.6. The molecule has 2 nitrogen and oxygen atoms in total. The van der Waals surface area contributed by atoms with Crippen molar-refractivity contribution in [3.05, 3.63) is 25.3 Å². The number of carbonyl (C=O) groups excluding carboxylic acids is 2. The fourth-order valence-corrected chi connectivity index (χ4v) is 4.39. The van der Waals surface area contributed by atoms with Crippen molar-refractivity contribution in [3.8, 4) is 0 Å². The minimum Gasteiger partial charge on any atom is -0.282 e. The lowest BCUT2D eigenvalue weighted by Gasteiger charge is -2.12. The summed E-state index contributed by atoms with van der Waals surface area (Å²) < 4.78 is 0. The smallest absolute Gasteiger partial charge is 0.211 e. The van der Waals surface area contributed by atoms with Gasteiger partial charge in [0.2, 0.25) is 10.2 Å². The van der Waals surface area contributed by atoms with Crippen LogP contribution in [0.4, 0.5) is 0 Å². The van der Waals surface area contributed by atoms with Gasteiger partial charge in [0.1, 0.15) is 0 Å². The molecule has 0 fully saturated rings. The molecule has 0 aromatic heterocycles. The van der Waals surface area contributed by atoms with Gasteiger partial charge in [-0.25, -0.2) is 0 Å². The van der Waals surface area contributed by atoms with E-state index in [-0.39, 0.29) is 20.7 Å². The van der Waals surface area contributed by atoms with E-state index in [1.807, 2.05) is 0 Å². The molecule has 0 spiro atoms. The predicted octanol–water partition coefficient (Wildman–Crippen LogP) is 3.21. The van der Waals surface area contributed by atoms with E-state index in [9.17, 15) is 9.59 Å². The second-order valence-corrected chi connectivity index (χ2v) is 8.10. The molecule has 0 radical (unpaired) electrons. The summed E-state index contributed by atoms with van der Waals surface area (Å²) >= 11 is 13.0. The Labute approximate surface area is 138 Å². The number of rotatable bonds is 10. The van der Waals surface area contributed by atoms with Crippen LogP contribution in [0.15, 0.2) is 25.3 Å². The Kier molecular flexibility index (Phi) is 12.7. The third-order valence-electron chi connectivity index (χ3n) is 1.79. The summed E-state index contributed by atoms with van der Waals surface area (Å²) in [6, 6.07) is 0. The highest BCUT2D eigenvalue weighted by Gasteiger charge is 2.10. The van der Waals surface area contributed by atoms with E-state index in [4.69, 9.17) is 0 Å². The van der Waals surface area contributed by atoms with Gasteiger partial charge in [-0.05, 0) is 12.2 Å². The Morgan fingerprint density at radius 1 is 0.895 bits per heavy atom. The molecule has 0 amide bonds. The van der Waals surface area contributed by atoms with Gasteiger partial charge in [-0.3, -0.25) is 9.59 Å². The molecule has 2 unspecified atom stereocenters. The Bertz CT molecular complexity index is 289. The zero-order valence-electron chi connectivity index (χ0n) is 10.5. The van der Waals surface area contributed by atoms with E-state index in [2.05, 4.69) is 38.4 Å². The Morgan fingerprint density at radius 2 is 1.26 bits per heavy atom. The van der Waals surface area contributed by atoms with Crippen LogP contribution in [0.25, 0.3) is 0 Å². The third kappa shape index (κ3) is 12.1. The maximum atomic E-state index is 11.0. The van der Waals surface area contributed by atoms with Gasteiger partial charge in [0.05, 0.1) is 0 Å². The molecular weight excluding hydrogens is 336 g/mol. The Balaban J connectivity index is 3.60. The van der Waals surface area contributed by atoms with Crippen LogP contribution in [-0.2, 0) is 9.59 Å². The average molecular weight is 355 g/mol. The van der Waals surface area contributed by atoms with E-state index in [1.165, 1.54) is 35.7 Å². The van der Waals surface area contributed by atoms with Crippen molar-refractivity contribution < 1.29 is 9.59 Å². The van der Waals surface area contributed by atoms with Gasteiger partial charge in [-0.1, -0.05) is 36.7 Å². The summed E-state index contributed by atoms with van der Waals surface area (Å²) in [6.45, 7) is 6.84. The average Bonchev–Trinajstić information content (AvgIpc) is 2.41. The standard InChI is InChI=1S/C12H18O2S5/c1-3-11(13)18-7-9(15)5-17-6-10(16)8-19-12(14)4-2/h3-4,9-10,15-16H,1-2,5-8H2. The van der Waals surface area contributed by atoms with Crippen LogP contribution in [0.5, 0.6) is 0 Å². The van der Waals surface area contributed by atoms with Crippen molar-refractivity contribution in [3.63, 3.8) is 0 Å². The molecule has 108 valence electrons. The van der Waals surface area contributed by atoms with Gasteiger partial charge in [-0.2, -0.15) is 37.0 Å². The summed E-state index contributed by atoms with van der Waals surface area (Å²) in [6.07, 6.45) is 2.63. The van der Waals surface area contributed by atoms with Gasteiger partial charge < -0.3 is 0 Å². The minimum atomic E-state index is -0.0181. The third-order valence-corrected chi connectivity index (χ3v) is 6.82. The summed E-state index contributed by atoms with van der Waals surface area (Å²) in [4.78, 5) is 22.0. The Morgan fingerprint density at radius 3 is 1.58 bits per heavy atom. The monoisotopic (exact) mass is 354 g/mol. The highest BCUT2D eigenvalue weighted by molar-refractivity contribution is 8.14. The normalized spacial score (nSPS) is 13.6. The van der Waals surface area contributed by atoms with E-state index in [0.29, 0.717) is 11.5 Å². The molecule has 19 heavy (non-hydrogen) atoms. The van der Waals surface area contributed by atoms with Gasteiger partial charge >= 0.3 is 0 Å². The molecule has 0 bridgehead atoms. The van der Waals surface area contributed by atoms with Crippen LogP contribution in [0.2, 0.25) is 0 Å². The second-order valence-electron chi connectivity index (χ2n) is 3.51. The van der Waals surface area contributed by atoms with E-state index < -0.39 is 0 Å².